The maximum atomic E-state index is 13.3. The van der Waals surface area contributed by atoms with Crippen molar-refractivity contribution in [1.82, 2.24) is 5.32 Å². The van der Waals surface area contributed by atoms with E-state index in [2.05, 4.69) is 26.1 Å². The van der Waals surface area contributed by atoms with Crippen LogP contribution >= 0.6 is 7.82 Å². The van der Waals surface area contributed by atoms with Crippen molar-refractivity contribution in [3.63, 3.8) is 0 Å². The summed E-state index contributed by atoms with van der Waals surface area (Å²) in [7, 11) is 0.994. The molecule has 0 aliphatic carbocycles. The number of allylic oxidation sites excluding steroid dienone is 1. The molecule has 2 heterocycles. The number of carbonyl (C=O) groups is 1. The Morgan fingerprint density at radius 1 is 0.584 bits per heavy atom. The van der Waals surface area contributed by atoms with Gasteiger partial charge in [-0.25, -0.2) is 4.57 Å². The smallest absolute Gasteiger partial charge is 0.387 e. The fourth-order valence-corrected chi connectivity index (χ4v) is 10.6. The molecule has 19 heteroatoms. The molecule has 9 N–H and O–H groups in total. The van der Waals surface area contributed by atoms with Gasteiger partial charge in [0.2, 0.25) is 5.91 Å². The maximum absolute atomic E-state index is 13.3. The molecule has 456 valence electrons. The molecule has 1 amide bonds. The summed E-state index contributed by atoms with van der Waals surface area (Å²) in [5.74, 6) is 0.540. The van der Waals surface area contributed by atoms with Crippen LogP contribution in [0.4, 0.5) is 0 Å². The Morgan fingerprint density at radius 2 is 1.04 bits per heavy atom. The van der Waals surface area contributed by atoms with Crippen molar-refractivity contribution in [2.75, 3.05) is 54.1 Å². The van der Waals surface area contributed by atoms with Crippen molar-refractivity contribution in [3.8, 4) is 0 Å². The van der Waals surface area contributed by atoms with Crippen LogP contribution in [0.25, 0.3) is 0 Å². The lowest BCUT2D eigenvalue weighted by Gasteiger charge is -2.43. The third kappa shape index (κ3) is 33.5. The van der Waals surface area contributed by atoms with Gasteiger partial charge in [-0.15, -0.1) is 0 Å². The number of aliphatic hydroxyl groups excluding tert-OH is 7. The molecule has 0 saturated carbocycles. The zero-order valence-electron chi connectivity index (χ0n) is 48.9. The van der Waals surface area contributed by atoms with Gasteiger partial charge in [0.1, 0.15) is 62.0 Å². The number of unbranched alkanes of at least 4 members (excludes halogenated alkanes) is 25. The molecule has 2 fully saturated rings. The minimum Gasteiger partial charge on any atom is -0.387 e. The monoisotopic (exact) mass is 1130 g/mol. The van der Waals surface area contributed by atoms with Gasteiger partial charge < -0.3 is 69.4 Å². The van der Waals surface area contributed by atoms with E-state index in [9.17, 15) is 50.0 Å². The molecule has 14 atom stereocenters. The highest BCUT2D eigenvalue weighted by atomic mass is 31.2. The van der Waals surface area contributed by atoms with Gasteiger partial charge in [0, 0.05) is 6.42 Å². The third-order valence-corrected chi connectivity index (χ3v) is 16.1. The van der Waals surface area contributed by atoms with E-state index in [1.165, 1.54) is 141 Å². The van der Waals surface area contributed by atoms with Crippen molar-refractivity contribution < 1.29 is 82.5 Å². The number of ether oxygens (including phenoxy) is 4. The topological polar surface area (TPSA) is 263 Å². The predicted molar refractivity (Wildman–Crippen MR) is 301 cm³/mol. The van der Waals surface area contributed by atoms with E-state index in [1.807, 2.05) is 27.2 Å². The molecule has 18 nitrogen and oxygen atoms in total. The van der Waals surface area contributed by atoms with Gasteiger partial charge in [-0.1, -0.05) is 206 Å². The lowest BCUT2D eigenvalue weighted by molar-refractivity contribution is -0.870. The summed E-state index contributed by atoms with van der Waals surface area (Å²) in [6.07, 6.45) is 22.4. The number of nitrogens with one attached hydrogen (secondary N) is 1. The van der Waals surface area contributed by atoms with Gasteiger partial charge in [0.15, 0.2) is 12.6 Å². The molecule has 2 aliphatic heterocycles. The average Bonchev–Trinajstić information content (AvgIpc) is 3.38. The van der Waals surface area contributed by atoms with Crippen molar-refractivity contribution in [2.24, 2.45) is 5.92 Å². The Kier molecular flexibility index (Phi) is 39.8. The van der Waals surface area contributed by atoms with Crippen LogP contribution in [0.3, 0.4) is 0 Å². The molecule has 2 unspecified atom stereocenters. The number of nitrogens with zero attached hydrogens (tertiary/aromatic N) is 1. The summed E-state index contributed by atoms with van der Waals surface area (Å²) in [6, 6.07) is -0.955. The second-order valence-corrected chi connectivity index (χ2v) is 24.9. The van der Waals surface area contributed by atoms with Crippen LogP contribution in [0.15, 0.2) is 12.2 Å². The number of likely N-dealkylation sites (N-methyl/N-ethyl adjacent to an activating group) is 1. The Balaban J connectivity index is 1.91. The second kappa shape index (κ2) is 42.6. The van der Waals surface area contributed by atoms with Crippen LogP contribution in [-0.2, 0) is 37.4 Å². The molecule has 0 aromatic heterocycles. The van der Waals surface area contributed by atoms with E-state index in [-0.39, 0.29) is 25.5 Å². The summed E-state index contributed by atoms with van der Waals surface area (Å²) in [5, 5.41) is 78.9. The Morgan fingerprint density at radius 3 is 1.53 bits per heavy atom. The minimum absolute atomic E-state index is 0.112. The first-order valence-corrected chi connectivity index (χ1v) is 32.0. The van der Waals surface area contributed by atoms with E-state index in [1.54, 1.807) is 6.08 Å². The number of rotatable bonds is 48. The maximum Gasteiger partial charge on any atom is 0.472 e. The Hall–Kier alpha value is -1.16. The predicted octanol–water partition coefficient (Wildman–Crippen LogP) is 8.65. The molecule has 77 heavy (non-hydrogen) atoms. The van der Waals surface area contributed by atoms with Gasteiger partial charge in [-0.3, -0.25) is 13.8 Å². The van der Waals surface area contributed by atoms with Crippen LogP contribution in [0.2, 0.25) is 0 Å². The number of carbonyl (C=O) groups excluding carboxylic acids is 1. The molecular formula is C58H114N2O16P+. The number of phosphoric acid groups is 1. The molecule has 0 radical (unpaired) electrons. The van der Waals surface area contributed by atoms with Gasteiger partial charge in [0.25, 0.3) is 0 Å². The van der Waals surface area contributed by atoms with Crippen LogP contribution in [0.1, 0.15) is 220 Å². The summed E-state index contributed by atoms with van der Waals surface area (Å²) >= 11 is 0. The van der Waals surface area contributed by atoms with Crippen molar-refractivity contribution in [2.45, 2.75) is 293 Å². The zero-order chi connectivity index (χ0) is 56.9. The SMILES string of the molecule is CCCCCCCCCCCCCCCCCCCCCC(=O)N[C@@H](CO[C@@H]1O[C@H](CO[C@@H]2O[C@H](COP(=O)(O)OCC[N+](C)(C)C)[C@H](O)[C@H](O)[C@H]2O)[C@H](O)[C@H](O)[C@H]1O)[C@H](O)/C=C/CCCCCCCCCC(C)CCC. The fraction of sp³-hybridized carbons (Fsp3) is 0.948. The molecule has 2 aliphatic rings. The molecule has 0 bridgehead atoms. The number of amides is 1. The van der Waals surface area contributed by atoms with E-state index in [0.29, 0.717) is 17.4 Å². The molecular weight excluding hydrogens is 1010 g/mol. The molecule has 2 rings (SSSR count). The van der Waals surface area contributed by atoms with E-state index >= 15 is 0 Å². The summed E-state index contributed by atoms with van der Waals surface area (Å²) in [4.78, 5) is 23.5. The van der Waals surface area contributed by atoms with E-state index in [4.69, 9.17) is 28.0 Å². The van der Waals surface area contributed by atoms with Crippen molar-refractivity contribution >= 4 is 13.7 Å². The summed E-state index contributed by atoms with van der Waals surface area (Å²) < 4.78 is 46.0. The molecule has 2 saturated heterocycles. The first kappa shape index (κ1) is 71.9. The fourth-order valence-electron chi connectivity index (χ4n) is 9.92. The summed E-state index contributed by atoms with van der Waals surface area (Å²) in [5.41, 5.74) is 0. The normalized spacial score (nSPS) is 26.2. The molecule has 0 spiro atoms. The van der Waals surface area contributed by atoms with Gasteiger partial charge in [-0.2, -0.15) is 0 Å². The highest BCUT2D eigenvalue weighted by Gasteiger charge is 2.48. The minimum atomic E-state index is -4.61. The lowest BCUT2D eigenvalue weighted by Crippen LogP contribution is -2.62. The van der Waals surface area contributed by atoms with Crippen LogP contribution in [0.5, 0.6) is 0 Å². The standard InChI is InChI=1S/C58H113N2O16P/c1-7-9-10-11-12-13-14-15-16-17-18-19-20-21-22-26-29-32-35-39-50(62)59-46(47(61)38-34-31-28-25-23-24-27-30-33-37-45(3)36-8-2)42-71-57-55(67)53(65)51(63)48(75-57)43-72-58-56(68)54(66)52(64)49(76-58)44-74-77(69,70)73-41-40-60(4,5)6/h34,38,45-49,51-58,61,63-68H,7-33,35-37,39-44H2,1-6H3,(H-,59,62,69,70)/p+1/b38-34+/t45?,46-,47+,48+,49+,51-,52-,53-,54-,55+,56+,57+,58+/m0/s1. The van der Waals surface area contributed by atoms with Gasteiger partial charge in [0.05, 0.1) is 53.1 Å². The number of quaternary nitrogens is 1. The van der Waals surface area contributed by atoms with Crippen molar-refractivity contribution in [3.05, 3.63) is 12.2 Å². The lowest BCUT2D eigenvalue weighted by atomic mass is 9.98. The second-order valence-electron chi connectivity index (χ2n) is 23.5. The van der Waals surface area contributed by atoms with Gasteiger partial charge >= 0.3 is 7.82 Å². The first-order valence-electron chi connectivity index (χ1n) is 30.5. The van der Waals surface area contributed by atoms with Crippen LogP contribution in [-0.4, -0.2) is 179 Å². The largest absolute Gasteiger partial charge is 0.472 e. The number of aliphatic hydroxyl groups is 7. The number of phosphoric ester groups is 1. The first-order chi connectivity index (χ1) is 36.8. The van der Waals surface area contributed by atoms with Crippen LogP contribution in [0, 0.1) is 5.92 Å². The van der Waals surface area contributed by atoms with E-state index < -0.39 is 94.6 Å². The third-order valence-electron chi connectivity index (χ3n) is 15.1. The van der Waals surface area contributed by atoms with Crippen LogP contribution < -0.4 is 5.32 Å². The highest BCUT2D eigenvalue weighted by Crippen LogP contribution is 2.44. The highest BCUT2D eigenvalue weighted by molar-refractivity contribution is 7.47. The zero-order valence-corrected chi connectivity index (χ0v) is 49.7. The molecule has 0 aromatic rings. The Labute approximate surface area is 465 Å². The van der Waals surface area contributed by atoms with E-state index in [0.717, 1.165) is 50.9 Å². The number of hydrogen-bond acceptors (Lipinski definition) is 15. The Bertz CT molecular complexity index is 1530. The average molecular weight is 1130 g/mol. The van der Waals surface area contributed by atoms with Crippen molar-refractivity contribution in [1.29, 1.82) is 0 Å². The molecule has 0 aromatic carbocycles. The quantitative estimate of drug-likeness (QED) is 0.0119. The van der Waals surface area contributed by atoms with Gasteiger partial charge in [-0.05, 0) is 25.2 Å². The summed E-state index contributed by atoms with van der Waals surface area (Å²) in [6.45, 7) is 5.45. The number of hydrogen-bond donors (Lipinski definition) is 9.